The number of anilines is 1. The number of fused-ring (bicyclic) bond motifs is 1. The second-order valence-electron chi connectivity index (χ2n) is 5.00. The van der Waals surface area contributed by atoms with E-state index in [1.165, 1.54) is 23.9 Å². The second kappa shape index (κ2) is 8.73. The molecule has 0 unspecified atom stereocenters. The van der Waals surface area contributed by atoms with Crippen molar-refractivity contribution in [1.82, 2.24) is 9.97 Å². The van der Waals surface area contributed by atoms with E-state index in [0.29, 0.717) is 28.5 Å². The minimum atomic E-state index is -0.323. The third kappa shape index (κ3) is 5.11. The summed E-state index contributed by atoms with van der Waals surface area (Å²) in [6.45, 7) is 2.52. The normalized spacial score (nSPS) is 10.3. The van der Waals surface area contributed by atoms with Crippen LogP contribution in [0.1, 0.15) is 6.92 Å². The fraction of sp³-hybridized carbons (Fsp3) is 0.176. The minimum absolute atomic E-state index is 0. The number of imidazole rings is 1. The molecule has 1 amide bonds. The molecule has 0 radical (unpaired) electrons. The summed E-state index contributed by atoms with van der Waals surface area (Å²) in [4.78, 5) is 19.3. The number of nitrogens with one attached hydrogen (secondary N) is 2. The Morgan fingerprint density at radius 2 is 2.04 bits per heavy atom. The SMILES string of the molecule is CCOc1ccc(NC(=O)CSc2nc3ccc(F)cc3[nH]2)cc1.Cl. The second-order valence-corrected chi connectivity index (χ2v) is 5.96. The minimum Gasteiger partial charge on any atom is -0.494 e. The summed E-state index contributed by atoms with van der Waals surface area (Å²) in [7, 11) is 0. The van der Waals surface area contributed by atoms with Crippen LogP contribution < -0.4 is 10.1 Å². The zero-order valence-electron chi connectivity index (χ0n) is 13.4. The molecule has 0 bridgehead atoms. The van der Waals surface area contributed by atoms with E-state index >= 15 is 0 Å². The number of thioether (sulfide) groups is 1. The number of hydrogen-bond donors (Lipinski definition) is 2. The number of benzene rings is 2. The quantitative estimate of drug-likeness (QED) is 0.626. The first-order valence-corrected chi connectivity index (χ1v) is 8.43. The maximum atomic E-state index is 13.2. The van der Waals surface area contributed by atoms with E-state index in [4.69, 9.17) is 4.74 Å². The van der Waals surface area contributed by atoms with Crippen molar-refractivity contribution < 1.29 is 13.9 Å². The lowest BCUT2D eigenvalue weighted by atomic mass is 10.3. The van der Waals surface area contributed by atoms with Gasteiger partial charge in [-0.15, -0.1) is 12.4 Å². The van der Waals surface area contributed by atoms with Crippen LogP contribution in [-0.2, 0) is 4.79 Å². The molecule has 0 aliphatic rings. The lowest BCUT2D eigenvalue weighted by molar-refractivity contribution is -0.113. The van der Waals surface area contributed by atoms with E-state index < -0.39 is 0 Å². The van der Waals surface area contributed by atoms with Crippen LogP contribution in [0.5, 0.6) is 5.75 Å². The molecular formula is C17H17ClFN3O2S. The number of H-pyrrole nitrogens is 1. The van der Waals surface area contributed by atoms with E-state index in [9.17, 15) is 9.18 Å². The number of ether oxygens (including phenoxy) is 1. The van der Waals surface area contributed by atoms with E-state index in [-0.39, 0.29) is 29.9 Å². The Kier molecular flexibility index (Phi) is 6.66. The van der Waals surface area contributed by atoms with Crippen molar-refractivity contribution in [3.8, 4) is 5.75 Å². The zero-order chi connectivity index (χ0) is 16.9. The lowest BCUT2D eigenvalue weighted by Gasteiger charge is -2.06. The first-order chi connectivity index (χ1) is 11.6. The molecule has 0 aliphatic heterocycles. The van der Waals surface area contributed by atoms with Gasteiger partial charge in [0, 0.05) is 5.69 Å². The number of rotatable bonds is 6. The molecule has 1 aromatic heterocycles. The topological polar surface area (TPSA) is 67.0 Å². The van der Waals surface area contributed by atoms with Gasteiger partial charge in [-0.3, -0.25) is 4.79 Å². The maximum absolute atomic E-state index is 13.2. The highest BCUT2D eigenvalue weighted by Gasteiger charge is 2.08. The molecule has 132 valence electrons. The van der Waals surface area contributed by atoms with Crippen molar-refractivity contribution >= 4 is 46.8 Å². The molecule has 2 N–H and O–H groups in total. The van der Waals surface area contributed by atoms with Gasteiger partial charge in [0.15, 0.2) is 5.16 Å². The van der Waals surface area contributed by atoms with Crippen LogP contribution in [0.4, 0.5) is 10.1 Å². The van der Waals surface area contributed by atoms with Crippen LogP contribution in [0.25, 0.3) is 11.0 Å². The molecule has 3 aromatic rings. The average molecular weight is 382 g/mol. The van der Waals surface area contributed by atoms with Gasteiger partial charge in [-0.2, -0.15) is 0 Å². The Bertz CT molecular complexity index is 855. The monoisotopic (exact) mass is 381 g/mol. The average Bonchev–Trinajstić information content (AvgIpc) is 2.97. The number of hydrogen-bond acceptors (Lipinski definition) is 4. The van der Waals surface area contributed by atoms with E-state index in [2.05, 4.69) is 15.3 Å². The van der Waals surface area contributed by atoms with Crippen molar-refractivity contribution in [2.24, 2.45) is 0 Å². The molecule has 0 saturated heterocycles. The summed E-state index contributed by atoms with van der Waals surface area (Å²) in [5.74, 6) is 0.501. The standard InChI is InChI=1S/C17H16FN3O2S.ClH/c1-2-23-13-6-4-12(5-7-13)19-16(22)10-24-17-20-14-8-3-11(18)9-15(14)21-17;/h3-9H,2,10H2,1H3,(H,19,22)(H,20,21);1H. The van der Waals surface area contributed by atoms with Gasteiger partial charge >= 0.3 is 0 Å². The predicted octanol–water partition coefficient (Wildman–Crippen LogP) is 4.25. The highest BCUT2D eigenvalue weighted by atomic mass is 35.5. The predicted molar refractivity (Wildman–Crippen MR) is 100 cm³/mol. The van der Waals surface area contributed by atoms with Gasteiger partial charge in [0.25, 0.3) is 0 Å². The fourth-order valence-corrected chi connectivity index (χ4v) is 2.84. The Hall–Kier alpha value is -2.25. The molecule has 25 heavy (non-hydrogen) atoms. The molecule has 0 saturated carbocycles. The highest BCUT2D eigenvalue weighted by Crippen LogP contribution is 2.21. The fourth-order valence-electron chi connectivity index (χ4n) is 2.16. The number of aromatic nitrogens is 2. The lowest BCUT2D eigenvalue weighted by Crippen LogP contribution is -2.14. The summed E-state index contributed by atoms with van der Waals surface area (Å²) in [6.07, 6.45) is 0. The molecule has 8 heteroatoms. The molecule has 0 atom stereocenters. The summed E-state index contributed by atoms with van der Waals surface area (Å²) < 4.78 is 18.5. The number of amides is 1. The Morgan fingerprint density at radius 3 is 2.76 bits per heavy atom. The summed E-state index contributed by atoms with van der Waals surface area (Å²) >= 11 is 1.26. The van der Waals surface area contributed by atoms with Gasteiger partial charge in [-0.25, -0.2) is 9.37 Å². The molecule has 5 nitrogen and oxygen atoms in total. The van der Waals surface area contributed by atoms with Gasteiger partial charge in [0.05, 0.1) is 23.4 Å². The van der Waals surface area contributed by atoms with Crippen LogP contribution in [0, 0.1) is 5.82 Å². The number of carbonyl (C=O) groups is 1. The third-order valence-electron chi connectivity index (χ3n) is 3.21. The zero-order valence-corrected chi connectivity index (χ0v) is 15.0. The van der Waals surface area contributed by atoms with Crippen molar-refractivity contribution in [3.05, 3.63) is 48.3 Å². The van der Waals surface area contributed by atoms with Crippen LogP contribution in [0.3, 0.4) is 0 Å². The van der Waals surface area contributed by atoms with Crippen LogP contribution in [0.2, 0.25) is 0 Å². The molecule has 1 heterocycles. The maximum Gasteiger partial charge on any atom is 0.234 e. The Balaban J connectivity index is 0.00000225. The van der Waals surface area contributed by atoms with E-state index in [1.54, 1.807) is 30.3 Å². The molecule has 0 fully saturated rings. The van der Waals surface area contributed by atoms with Crippen molar-refractivity contribution in [1.29, 1.82) is 0 Å². The van der Waals surface area contributed by atoms with Crippen LogP contribution in [0.15, 0.2) is 47.6 Å². The van der Waals surface area contributed by atoms with Gasteiger partial charge in [-0.05, 0) is 49.4 Å². The summed E-state index contributed by atoms with van der Waals surface area (Å²) in [6, 6.07) is 11.5. The van der Waals surface area contributed by atoms with Crippen LogP contribution in [-0.4, -0.2) is 28.2 Å². The van der Waals surface area contributed by atoms with Gasteiger partial charge in [-0.1, -0.05) is 11.8 Å². The van der Waals surface area contributed by atoms with Gasteiger partial charge in [0.1, 0.15) is 11.6 Å². The molecule has 3 rings (SSSR count). The van der Waals surface area contributed by atoms with Crippen molar-refractivity contribution in [3.63, 3.8) is 0 Å². The molecular weight excluding hydrogens is 365 g/mol. The molecule has 0 spiro atoms. The first-order valence-electron chi connectivity index (χ1n) is 7.45. The van der Waals surface area contributed by atoms with Crippen molar-refractivity contribution in [2.75, 3.05) is 17.7 Å². The first kappa shape index (κ1) is 19.1. The van der Waals surface area contributed by atoms with Gasteiger partial charge in [0.2, 0.25) is 5.91 Å². The number of nitrogens with zero attached hydrogens (tertiary/aromatic N) is 1. The number of aromatic amines is 1. The highest BCUT2D eigenvalue weighted by molar-refractivity contribution is 7.99. The third-order valence-corrected chi connectivity index (χ3v) is 4.08. The van der Waals surface area contributed by atoms with Crippen molar-refractivity contribution in [2.45, 2.75) is 12.1 Å². The molecule has 2 aromatic carbocycles. The number of carbonyl (C=O) groups excluding carboxylic acids is 1. The van der Waals surface area contributed by atoms with Gasteiger partial charge < -0.3 is 15.0 Å². The molecule has 0 aliphatic carbocycles. The summed E-state index contributed by atoms with van der Waals surface area (Å²) in [5, 5.41) is 3.39. The largest absolute Gasteiger partial charge is 0.494 e. The van der Waals surface area contributed by atoms with E-state index in [1.807, 2.05) is 6.92 Å². The Morgan fingerprint density at radius 1 is 1.28 bits per heavy atom. The smallest absolute Gasteiger partial charge is 0.234 e. The number of halogens is 2. The summed E-state index contributed by atoms with van der Waals surface area (Å²) in [5.41, 5.74) is 1.99. The Labute approximate surface area is 154 Å². The van der Waals surface area contributed by atoms with E-state index in [0.717, 1.165) is 5.75 Å². The van der Waals surface area contributed by atoms with Crippen LogP contribution >= 0.6 is 24.2 Å².